The van der Waals surface area contributed by atoms with Crippen molar-refractivity contribution in [2.24, 2.45) is 0 Å². The number of ether oxygens (including phenoxy) is 3. The molecule has 4 rings (SSSR count). The second-order valence-corrected chi connectivity index (χ2v) is 7.17. The maximum atomic E-state index is 6.02. The molecule has 2 aliphatic heterocycles. The summed E-state index contributed by atoms with van der Waals surface area (Å²) in [4.78, 5) is 6.77. The van der Waals surface area contributed by atoms with E-state index in [-0.39, 0.29) is 0 Å². The molecular weight excluding hydrogens is 346 g/mol. The molecule has 0 saturated carbocycles. The van der Waals surface area contributed by atoms with Gasteiger partial charge in [-0.05, 0) is 30.0 Å². The molecule has 27 heavy (non-hydrogen) atoms. The van der Waals surface area contributed by atoms with Gasteiger partial charge in [-0.2, -0.15) is 4.98 Å². The van der Waals surface area contributed by atoms with E-state index in [1.165, 1.54) is 11.1 Å². The van der Waals surface area contributed by atoms with Gasteiger partial charge in [0.1, 0.15) is 12.4 Å². The van der Waals surface area contributed by atoms with Crippen molar-refractivity contribution in [3.05, 3.63) is 41.0 Å². The number of methoxy groups -OCH3 is 1. The highest BCUT2D eigenvalue weighted by Crippen LogP contribution is 2.27. The number of nitrogens with zero attached hydrogens (tertiary/aromatic N) is 3. The van der Waals surface area contributed by atoms with Crippen LogP contribution in [-0.2, 0) is 35.5 Å². The van der Waals surface area contributed by atoms with Gasteiger partial charge in [-0.15, -0.1) is 0 Å². The average molecular weight is 373 g/mol. The number of benzene rings is 1. The van der Waals surface area contributed by atoms with E-state index >= 15 is 0 Å². The second-order valence-electron chi connectivity index (χ2n) is 7.17. The van der Waals surface area contributed by atoms with Gasteiger partial charge in [0.05, 0.1) is 19.3 Å². The molecule has 0 N–H and O–H groups in total. The van der Waals surface area contributed by atoms with Crippen molar-refractivity contribution in [1.29, 1.82) is 0 Å². The molecule has 1 saturated heterocycles. The average Bonchev–Trinajstić information content (AvgIpc) is 3.32. The lowest BCUT2D eigenvalue weighted by molar-refractivity contribution is 0.00676. The van der Waals surface area contributed by atoms with Gasteiger partial charge in [-0.1, -0.05) is 17.3 Å². The van der Waals surface area contributed by atoms with Crippen LogP contribution < -0.4 is 4.74 Å². The number of rotatable bonds is 8. The highest BCUT2D eigenvalue weighted by molar-refractivity contribution is 5.39. The van der Waals surface area contributed by atoms with Crippen LogP contribution in [0.4, 0.5) is 0 Å². The number of hydrogen-bond acceptors (Lipinski definition) is 7. The Morgan fingerprint density at radius 1 is 1.26 bits per heavy atom. The maximum absolute atomic E-state index is 6.02. The third-order valence-electron chi connectivity index (χ3n) is 5.15. The van der Waals surface area contributed by atoms with Gasteiger partial charge in [0, 0.05) is 39.6 Å². The maximum Gasteiger partial charge on any atom is 0.252 e. The van der Waals surface area contributed by atoms with E-state index < -0.39 is 0 Å². The van der Waals surface area contributed by atoms with E-state index in [9.17, 15) is 0 Å². The highest BCUT2D eigenvalue weighted by Gasteiger charge is 2.21. The van der Waals surface area contributed by atoms with E-state index in [0.29, 0.717) is 37.5 Å². The van der Waals surface area contributed by atoms with Gasteiger partial charge in [0.25, 0.3) is 5.89 Å². The minimum Gasteiger partial charge on any atom is -0.493 e. The van der Waals surface area contributed by atoms with Crippen molar-refractivity contribution in [3.63, 3.8) is 0 Å². The first-order chi connectivity index (χ1) is 13.3. The van der Waals surface area contributed by atoms with Crippen molar-refractivity contribution in [3.8, 4) is 5.75 Å². The normalized spacial score (nSPS) is 17.8. The first-order valence-corrected chi connectivity index (χ1v) is 9.69. The number of hydrogen-bond donors (Lipinski definition) is 0. The van der Waals surface area contributed by atoms with Crippen molar-refractivity contribution in [2.75, 3.05) is 33.4 Å². The zero-order chi connectivity index (χ0) is 18.5. The molecule has 7 heteroatoms. The number of likely N-dealkylation sites (tertiary alicyclic amines) is 1. The summed E-state index contributed by atoms with van der Waals surface area (Å²) in [6.45, 7) is 4.94. The van der Waals surface area contributed by atoms with Gasteiger partial charge in [0.15, 0.2) is 5.82 Å². The van der Waals surface area contributed by atoms with Crippen LogP contribution in [0.2, 0.25) is 0 Å². The lowest BCUT2D eigenvalue weighted by Crippen LogP contribution is -2.36. The third kappa shape index (κ3) is 4.86. The molecule has 0 bridgehead atoms. The third-order valence-corrected chi connectivity index (χ3v) is 5.15. The Labute approximate surface area is 159 Å². The molecule has 146 valence electrons. The van der Waals surface area contributed by atoms with Crippen molar-refractivity contribution in [1.82, 2.24) is 15.0 Å². The Morgan fingerprint density at radius 3 is 3.00 bits per heavy atom. The van der Waals surface area contributed by atoms with E-state index in [2.05, 4.69) is 33.2 Å². The number of aromatic nitrogens is 2. The van der Waals surface area contributed by atoms with Crippen LogP contribution in [0.5, 0.6) is 5.75 Å². The summed E-state index contributed by atoms with van der Waals surface area (Å²) in [7, 11) is 1.61. The summed E-state index contributed by atoms with van der Waals surface area (Å²) in [6, 6.07) is 6.60. The summed E-state index contributed by atoms with van der Waals surface area (Å²) in [5.41, 5.74) is 2.73. The second kappa shape index (κ2) is 8.82. The Bertz CT molecular complexity index is 741. The van der Waals surface area contributed by atoms with E-state index in [1.54, 1.807) is 7.11 Å². The molecule has 1 aromatic carbocycles. The monoisotopic (exact) mass is 373 g/mol. The van der Waals surface area contributed by atoms with Crippen LogP contribution in [0.15, 0.2) is 22.7 Å². The van der Waals surface area contributed by atoms with Gasteiger partial charge >= 0.3 is 0 Å². The molecule has 2 aromatic rings. The van der Waals surface area contributed by atoms with Crippen LogP contribution in [0.25, 0.3) is 0 Å². The Balaban J connectivity index is 1.16. The van der Waals surface area contributed by atoms with Crippen LogP contribution >= 0.6 is 0 Å². The molecule has 3 heterocycles. The molecule has 7 nitrogen and oxygen atoms in total. The molecule has 0 spiro atoms. The van der Waals surface area contributed by atoms with Crippen LogP contribution in [0.3, 0.4) is 0 Å². The summed E-state index contributed by atoms with van der Waals surface area (Å²) < 4.78 is 21.7. The van der Waals surface area contributed by atoms with Gasteiger partial charge in [-0.25, -0.2) is 0 Å². The molecule has 0 atom stereocenters. The fourth-order valence-corrected chi connectivity index (χ4v) is 3.72. The number of piperidine rings is 1. The van der Waals surface area contributed by atoms with Gasteiger partial charge < -0.3 is 18.7 Å². The fourth-order valence-electron chi connectivity index (χ4n) is 3.72. The molecular formula is C20H27N3O4. The summed E-state index contributed by atoms with van der Waals surface area (Å²) in [5.74, 6) is 2.25. The minimum absolute atomic E-state index is 0.319. The smallest absolute Gasteiger partial charge is 0.252 e. The molecule has 0 radical (unpaired) electrons. The zero-order valence-corrected chi connectivity index (χ0v) is 15.9. The summed E-state index contributed by atoms with van der Waals surface area (Å²) in [6.07, 6.45) is 4.15. The standard InChI is InChI=1S/C20H27N3O4/c1-24-14-20-21-19(22-27-20)7-11-25-17-4-8-23(9-5-17)13-15-2-3-18-16(12-15)6-10-26-18/h2-3,12,17H,4-11,13-14H2,1H3. The Morgan fingerprint density at radius 2 is 2.15 bits per heavy atom. The highest BCUT2D eigenvalue weighted by atomic mass is 16.5. The van der Waals surface area contributed by atoms with Gasteiger partial charge in [0.2, 0.25) is 0 Å². The quantitative estimate of drug-likeness (QED) is 0.703. The van der Waals surface area contributed by atoms with E-state index in [1.807, 2.05) is 0 Å². The van der Waals surface area contributed by atoms with Crippen molar-refractivity contribution < 1.29 is 18.7 Å². The predicted molar refractivity (Wildman–Crippen MR) is 98.6 cm³/mol. The number of fused-ring (bicyclic) bond motifs is 1. The van der Waals surface area contributed by atoms with Gasteiger partial charge in [-0.3, -0.25) is 4.90 Å². The predicted octanol–water partition coefficient (Wildman–Crippen LogP) is 2.37. The van der Waals surface area contributed by atoms with Crippen molar-refractivity contribution >= 4 is 0 Å². The van der Waals surface area contributed by atoms with Crippen LogP contribution in [0.1, 0.15) is 35.7 Å². The Hall–Kier alpha value is -1.96. The van der Waals surface area contributed by atoms with Crippen LogP contribution in [0, 0.1) is 0 Å². The minimum atomic E-state index is 0.319. The lowest BCUT2D eigenvalue weighted by atomic mass is 10.0. The van der Waals surface area contributed by atoms with Crippen molar-refractivity contribution in [2.45, 2.75) is 44.9 Å². The molecule has 1 aromatic heterocycles. The molecule has 2 aliphatic rings. The first-order valence-electron chi connectivity index (χ1n) is 9.69. The summed E-state index contributed by atoms with van der Waals surface area (Å²) >= 11 is 0. The molecule has 0 amide bonds. The molecule has 0 aliphatic carbocycles. The zero-order valence-electron chi connectivity index (χ0n) is 15.9. The summed E-state index contributed by atoms with van der Waals surface area (Å²) in [5, 5.41) is 3.94. The van der Waals surface area contributed by atoms with Crippen LogP contribution in [-0.4, -0.2) is 54.6 Å². The van der Waals surface area contributed by atoms with E-state index in [4.69, 9.17) is 18.7 Å². The topological polar surface area (TPSA) is 69.9 Å². The lowest BCUT2D eigenvalue weighted by Gasteiger charge is -2.32. The Kier molecular flexibility index (Phi) is 6.01. The fraction of sp³-hybridized carbons (Fsp3) is 0.600. The molecule has 0 unspecified atom stereocenters. The first kappa shape index (κ1) is 18.4. The largest absolute Gasteiger partial charge is 0.493 e. The molecule has 1 fully saturated rings. The van der Waals surface area contributed by atoms with E-state index in [0.717, 1.165) is 51.3 Å². The SMILES string of the molecule is COCc1nc(CCOC2CCN(Cc3ccc4c(c3)CCO4)CC2)no1.